The molecule has 0 aliphatic heterocycles. The van der Waals surface area contributed by atoms with Gasteiger partial charge >= 0.3 is 5.97 Å². The number of carbonyl (C=O) groups excluding carboxylic acids is 1. The third-order valence-electron chi connectivity index (χ3n) is 4.57. The number of carbonyl (C=O) groups is 1. The van der Waals surface area contributed by atoms with Crippen LogP contribution < -0.4 is 0 Å². The summed E-state index contributed by atoms with van der Waals surface area (Å²) in [5.41, 5.74) is 2.90. The summed E-state index contributed by atoms with van der Waals surface area (Å²) >= 11 is 0. The van der Waals surface area contributed by atoms with Crippen LogP contribution in [0.1, 0.15) is 25.8 Å². The molecule has 0 aliphatic carbocycles. The minimum atomic E-state index is -3.61. The molecule has 5 nitrogen and oxygen atoms in total. The molecule has 6 heteroatoms. The maximum Gasteiger partial charge on any atom is 0.327 e. The second-order valence-corrected chi connectivity index (χ2v) is 8.91. The fraction of sp³-hybridized carbons (Fsp3) is 0.350. The summed E-state index contributed by atoms with van der Waals surface area (Å²) < 4.78 is 27.7. The molecule has 0 amide bonds. The summed E-state index contributed by atoms with van der Waals surface area (Å²) in [4.78, 5) is 12.2. The van der Waals surface area contributed by atoms with Gasteiger partial charge < -0.3 is 9.84 Å². The number of phenolic OH excluding ortho intramolecular Hbond substituents is 1. The Morgan fingerprint density at radius 2 is 1.54 bits per heavy atom. The molecule has 0 heterocycles. The smallest absolute Gasteiger partial charge is 0.327 e. The number of aromatic hydroxyl groups is 1. The van der Waals surface area contributed by atoms with Crippen molar-refractivity contribution in [2.45, 2.75) is 31.4 Å². The molecule has 26 heavy (non-hydrogen) atoms. The summed E-state index contributed by atoms with van der Waals surface area (Å²) in [7, 11) is -3.61. The molecule has 2 aromatic rings. The van der Waals surface area contributed by atoms with Gasteiger partial charge in [-0.15, -0.1) is 0 Å². The van der Waals surface area contributed by atoms with Gasteiger partial charge in [-0.1, -0.05) is 36.4 Å². The van der Waals surface area contributed by atoms with Crippen molar-refractivity contribution in [2.75, 3.05) is 12.9 Å². The predicted octanol–water partition coefficient (Wildman–Crippen LogP) is 3.36. The molecule has 140 valence electrons. The van der Waals surface area contributed by atoms with Crippen LogP contribution in [0.25, 0.3) is 11.1 Å². The molecule has 0 saturated heterocycles. The third kappa shape index (κ3) is 4.43. The average molecular weight is 376 g/mol. The van der Waals surface area contributed by atoms with Crippen molar-refractivity contribution >= 4 is 15.8 Å². The van der Waals surface area contributed by atoms with Gasteiger partial charge in [-0.05, 0) is 55.5 Å². The standard InChI is InChI=1S/C20H24O5S/c1-4-25-19(22)20(2,26(3,23)24)14-13-15-5-7-16(8-6-15)17-9-11-18(21)12-10-17/h5-12,21H,4,13-14H2,1-3H3/t20-/m1/s1. The molecule has 2 aromatic carbocycles. The van der Waals surface area contributed by atoms with Crippen molar-refractivity contribution in [2.24, 2.45) is 0 Å². The molecule has 1 N–H and O–H groups in total. The number of rotatable bonds is 7. The number of phenols is 1. The normalized spacial score (nSPS) is 13.8. The van der Waals surface area contributed by atoms with Gasteiger partial charge in [0, 0.05) is 6.26 Å². The molecule has 2 rings (SSSR count). The first-order chi connectivity index (χ1) is 12.2. The zero-order valence-corrected chi connectivity index (χ0v) is 16.0. The molecular formula is C20H24O5S. The van der Waals surface area contributed by atoms with Crippen LogP contribution in [0.4, 0.5) is 0 Å². The number of hydrogen-bond acceptors (Lipinski definition) is 5. The fourth-order valence-electron chi connectivity index (χ4n) is 2.62. The Labute approximate surface area is 154 Å². The Morgan fingerprint density at radius 1 is 1.04 bits per heavy atom. The van der Waals surface area contributed by atoms with E-state index in [-0.39, 0.29) is 18.8 Å². The lowest BCUT2D eigenvalue weighted by Crippen LogP contribution is -2.44. The number of sulfone groups is 1. The quantitative estimate of drug-likeness (QED) is 0.750. The molecule has 0 spiro atoms. The van der Waals surface area contributed by atoms with E-state index < -0.39 is 20.6 Å². The minimum Gasteiger partial charge on any atom is -0.508 e. The average Bonchev–Trinajstić information content (AvgIpc) is 2.60. The lowest BCUT2D eigenvalue weighted by atomic mass is 9.98. The highest BCUT2D eigenvalue weighted by Gasteiger charge is 2.44. The molecule has 1 atom stereocenters. The Morgan fingerprint density at radius 3 is 2.00 bits per heavy atom. The van der Waals surface area contributed by atoms with E-state index in [1.165, 1.54) is 6.92 Å². The first-order valence-electron chi connectivity index (χ1n) is 8.42. The van der Waals surface area contributed by atoms with Crippen LogP contribution in [-0.2, 0) is 25.8 Å². The molecular weight excluding hydrogens is 352 g/mol. The molecule has 0 aliphatic rings. The molecule has 0 aromatic heterocycles. The third-order valence-corrected chi connectivity index (χ3v) is 6.58. The SMILES string of the molecule is CCOC(=O)[C@@](C)(CCc1ccc(-c2ccc(O)cc2)cc1)S(C)(=O)=O. The second kappa shape index (κ2) is 7.91. The van der Waals surface area contributed by atoms with E-state index in [1.54, 1.807) is 19.1 Å². The number of benzene rings is 2. The van der Waals surface area contributed by atoms with Crippen LogP contribution in [0.15, 0.2) is 48.5 Å². The van der Waals surface area contributed by atoms with Crippen molar-refractivity contribution in [3.8, 4) is 16.9 Å². The van der Waals surface area contributed by atoms with Crippen LogP contribution in [0.2, 0.25) is 0 Å². The number of ether oxygens (including phenoxy) is 1. The van der Waals surface area contributed by atoms with Crippen molar-refractivity contribution < 1.29 is 23.1 Å². The largest absolute Gasteiger partial charge is 0.508 e. The Bertz CT molecular complexity index is 854. The van der Waals surface area contributed by atoms with Crippen LogP contribution in [-0.4, -0.2) is 37.1 Å². The van der Waals surface area contributed by atoms with E-state index in [9.17, 15) is 18.3 Å². The topological polar surface area (TPSA) is 80.7 Å². The number of esters is 1. The van der Waals surface area contributed by atoms with Crippen LogP contribution in [0.3, 0.4) is 0 Å². The molecule has 0 radical (unpaired) electrons. The van der Waals surface area contributed by atoms with Crippen molar-refractivity contribution in [3.05, 3.63) is 54.1 Å². The monoisotopic (exact) mass is 376 g/mol. The van der Waals surface area contributed by atoms with Gasteiger partial charge in [0.2, 0.25) is 0 Å². The fourth-order valence-corrected chi connectivity index (χ4v) is 3.46. The number of aryl methyl sites for hydroxylation is 1. The van der Waals surface area contributed by atoms with Crippen LogP contribution >= 0.6 is 0 Å². The van der Waals surface area contributed by atoms with E-state index in [1.807, 2.05) is 36.4 Å². The van der Waals surface area contributed by atoms with Gasteiger partial charge in [0.15, 0.2) is 14.6 Å². The lowest BCUT2D eigenvalue weighted by molar-refractivity contribution is -0.146. The summed E-state index contributed by atoms with van der Waals surface area (Å²) in [6.45, 7) is 3.22. The van der Waals surface area contributed by atoms with Gasteiger partial charge in [-0.25, -0.2) is 8.42 Å². The van der Waals surface area contributed by atoms with Crippen molar-refractivity contribution in [1.29, 1.82) is 0 Å². The van der Waals surface area contributed by atoms with E-state index >= 15 is 0 Å². The van der Waals surface area contributed by atoms with Crippen LogP contribution in [0, 0.1) is 0 Å². The second-order valence-electron chi connectivity index (χ2n) is 6.47. The van der Waals surface area contributed by atoms with E-state index in [2.05, 4.69) is 0 Å². The van der Waals surface area contributed by atoms with Crippen molar-refractivity contribution in [3.63, 3.8) is 0 Å². The highest BCUT2D eigenvalue weighted by Crippen LogP contribution is 2.27. The molecule has 0 fully saturated rings. The zero-order chi connectivity index (χ0) is 19.4. The first kappa shape index (κ1) is 20.0. The van der Waals surface area contributed by atoms with Crippen molar-refractivity contribution in [1.82, 2.24) is 0 Å². The molecule has 0 saturated carbocycles. The minimum absolute atomic E-state index is 0.144. The van der Waals surface area contributed by atoms with E-state index in [0.717, 1.165) is 22.9 Å². The summed E-state index contributed by atoms with van der Waals surface area (Å²) in [6, 6.07) is 14.6. The van der Waals surface area contributed by atoms with Gasteiger partial charge in [-0.2, -0.15) is 0 Å². The van der Waals surface area contributed by atoms with E-state index in [0.29, 0.717) is 6.42 Å². The molecule has 0 bridgehead atoms. The Hall–Kier alpha value is -2.34. The highest BCUT2D eigenvalue weighted by molar-refractivity contribution is 7.92. The lowest BCUT2D eigenvalue weighted by Gasteiger charge is -2.25. The summed E-state index contributed by atoms with van der Waals surface area (Å²) in [5.74, 6) is -0.493. The van der Waals surface area contributed by atoms with Gasteiger partial charge in [0.1, 0.15) is 5.75 Å². The highest BCUT2D eigenvalue weighted by atomic mass is 32.2. The summed E-state index contributed by atoms with van der Waals surface area (Å²) in [6.07, 6.45) is 1.67. The maximum absolute atomic E-state index is 12.2. The Kier molecular flexibility index (Phi) is 6.08. The van der Waals surface area contributed by atoms with Gasteiger partial charge in [0.05, 0.1) is 6.61 Å². The predicted molar refractivity (Wildman–Crippen MR) is 102 cm³/mol. The van der Waals surface area contributed by atoms with Gasteiger partial charge in [0.25, 0.3) is 0 Å². The zero-order valence-electron chi connectivity index (χ0n) is 15.2. The number of hydrogen-bond donors (Lipinski definition) is 1. The Balaban J connectivity index is 2.15. The molecule has 0 unspecified atom stereocenters. The first-order valence-corrected chi connectivity index (χ1v) is 10.3. The maximum atomic E-state index is 12.2. The van der Waals surface area contributed by atoms with E-state index in [4.69, 9.17) is 4.74 Å². The van der Waals surface area contributed by atoms with Crippen LogP contribution in [0.5, 0.6) is 5.75 Å². The van der Waals surface area contributed by atoms with Gasteiger partial charge in [-0.3, -0.25) is 4.79 Å². The summed E-state index contributed by atoms with van der Waals surface area (Å²) in [5, 5.41) is 9.36.